The van der Waals surface area contributed by atoms with Crippen molar-refractivity contribution in [2.45, 2.75) is 37.9 Å². The molecule has 0 spiro atoms. The summed E-state index contributed by atoms with van der Waals surface area (Å²) in [6, 6.07) is 19.8. The van der Waals surface area contributed by atoms with Crippen LogP contribution in [0.5, 0.6) is 11.5 Å². The SMILES string of the molecule is COc1ccc2c(=O)[nH]ncc2c1OC1Cc2ccccc2C1.CS(=O)(=O)OC1Cc2ccccc2C1. The molecule has 37 heavy (non-hydrogen) atoms. The molecule has 0 bridgehead atoms. The summed E-state index contributed by atoms with van der Waals surface area (Å²) >= 11 is 0. The highest BCUT2D eigenvalue weighted by Gasteiger charge is 2.25. The van der Waals surface area contributed by atoms with E-state index >= 15 is 0 Å². The zero-order valence-corrected chi connectivity index (χ0v) is 21.5. The Labute approximate surface area is 215 Å². The van der Waals surface area contributed by atoms with E-state index in [4.69, 9.17) is 13.7 Å². The number of aromatic nitrogens is 2. The van der Waals surface area contributed by atoms with Gasteiger partial charge in [-0.05, 0) is 34.4 Å². The number of ether oxygens (including phenoxy) is 2. The van der Waals surface area contributed by atoms with Gasteiger partial charge in [0.15, 0.2) is 11.5 Å². The Bertz CT molecular complexity index is 1550. The molecule has 0 radical (unpaired) electrons. The summed E-state index contributed by atoms with van der Waals surface area (Å²) in [6.07, 6.45) is 5.63. The van der Waals surface area contributed by atoms with Gasteiger partial charge in [0.2, 0.25) is 0 Å². The van der Waals surface area contributed by atoms with E-state index < -0.39 is 10.1 Å². The van der Waals surface area contributed by atoms with Crippen molar-refractivity contribution in [2.24, 2.45) is 0 Å². The Hall–Kier alpha value is -3.69. The van der Waals surface area contributed by atoms with Crippen LogP contribution in [0, 0.1) is 0 Å². The average Bonchev–Trinajstić information content (AvgIpc) is 3.46. The monoisotopic (exact) mass is 520 g/mol. The van der Waals surface area contributed by atoms with E-state index in [0.717, 1.165) is 19.1 Å². The molecule has 2 aliphatic rings. The lowest BCUT2D eigenvalue weighted by Gasteiger charge is -2.17. The summed E-state index contributed by atoms with van der Waals surface area (Å²) in [6.45, 7) is 0. The number of methoxy groups -OCH3 is 1. The molecule has 0 saturated carbocycles. The van der Waals surface area contributed by atoms with Crippen molar-refractivity contribution >= 4 is 20.9 Å². The molecule has 0 saturated heterocycles. The smallest absolute Gasteiger partial charge is 0.272 e. The number of benzene rings is 3. The minimum absolute atomic E-state index is 0.0335. The maximum Gasteiger partial charge on any atom is 0.272 e. The largest absolute Gasteiger partial charge is 0.493 e. The zero-order valence-electron chi connectivity index (χ0n) is 20.6. The van der Waals surface area contributed by atoms with Gasteiger partial charge in [-0.2, -0.15) is 13.5 Å². The quantitative estimate of drug-likeness (QED) is 0.401. The maximum atomic E-state index is 11.9. The lowest BCUT2D eigenvalue weighted by Crippen LogP contribution is -2.18. The van der Waals surface area contributed by atoms with E-state index in [-0.39, 0.29) is 17.8 Å². The van der Waals surface area contributed by atoms with Crippen molar-refractivity contribution in [1.82, 2.24) is 10.2 Å². The van der Waals surface area contributed by atoms with Crippen molar-refractivity contribution in [3.05, 3.63) is 99.5 Å². The summed E-state index contributed by atoms with van der Waals surface area (Å²) in [5.74, 6) is 1.20. The van der Waals surface area contributed by atoms with Crippen LogP contribution in [0.25, 0.3) is 10.8 Å². The number of H-pyrrole nitrogens is 1. The molecule has 0 unspecified atom stereocenters. The summed E-state index contributed by atoms with van der Waals surface area (Å²) < 4.78 is 38.4. The standard InChI is InChI=1S/C18H16N2O3.C10H12O3S/c1-22-16-7-6-14-15(10-19-20-18(14)21)17(16)23-13-8-11-4-2-3-5-12(11)9-13;1-14(11,12)13-10-6-8-4-2-3-5-9(8)7-10/h2-7,10,13H,8-9H2,1H3,(H,20,21);2-5,10H,6-7H2,1H3. The highest BCUT2D eigenvalue weighted by Crippen LogP contribution is 2.36. The highest BCUT2D eigenvalue weighted by molar-refractivity contribution is 7.86. The first-order chi connectivity index (χ1) is 17.8. The maximum absolute atomic E-state index is 11.9. The van der Waals surface area contributed by atoms with Crippen LogP contribution >= 0.6 is 0 Å². The van der Waals surface area contributed by atoms with Gasteiger partial charge in [-0.15, -0.1) is 0 Å². The molecule has 192 valence electrons. The van der Waals surface area contributed by atoms with Crippen LogP contribution in [0.15, 0.2) is 71.7 Å². The van der Waals surface area contributed by atoms with Crippen LogP contribution in [-0.2, 0) is 40.0 Å². The average molecular weight is 521 g/mol. The molecule has 4 aromatic rings. The molecule has 2 aliphatic carbocycles. The second-order valence-electron chi connectivity index (χ2n) is 9.27. The second kappa shape index (κ2) is 10.4. The normalized spacial score (nSPS) is 15.1. The molecule has 1 heterocycles. The highest BCUT2D eigenvalue weighted by atomic mass is 32.2. The topological polar surface area (TPSA) is 108 Å². The van der Waals surface area contributed by atoms with Gasteiger partial charge in [-0.25, -0.2) is 5.10 Å². The molecule has 6 rings (SSSR count). The Kier molecular flexibility index (Phi) is 6.99. The third kappa shape index (κ3) is 5.68. The van der Waals surface area contributed by atoms with Gasteiger partial charge < -0.3 is 9.47 Å². The first kappa shape index (κ1) is 25.0. The van der Waals surface area contributed by atoms with Gasteiger partial charge in [0.25, 0.3) is 15.7 Å². The van der Waals surface area contributed by atoms with Gasteiger partial charge in [0.05, 0.1) is 36.4 Å². The molecule has 9 heteroatoms. The van der Waals surface area contributed by atoms with Crippen LogP contribution in [0.2, 0.25) is 0 Å². The third-order valence-electron chi connectivity index (χ3n) is 6.61. The molecule has 0 fully saturated rings. The number of hydrogen-bond acceptors (Lipinski definition) is 7. The molecular formula is C28H28N2O6S. The second-order valence-corrected chi connectivity index (χ2v) is 10.9. The van der Waals surface area contributed by atoms with E-state index in [1.54, 1.807) is 25.4 Å². The molecule has 0 aliphatic heterocycles. The first-order valence-electron chi connectivity index (χ1n) is 12.0. The predicted molar refractivity (Wildman–Crippen MR) is 141 cm³/mol. The van der Waals surface area contributed by atoms with Crippen molar-refractivity contribution in [2.75, 3.05) is 13.4 Å². The molecule has 3 aromatic carbocycles. The van der Waals surface area contributed by atoms with Gasteiger partial charge in [0, 0.05) is 25.7 Å². The fourth-order valence-electron chi connectivity index (χ4n) is 5.01. The van der Waals surface area contributed by atoms with Gasteiger partial charge in [0.1, 0.15) is 6.10 Å². The minimum Gasteiger partial charge on any atom is -0.493 e. The fraction of sp³-hybridized carbons (Fsp3) is 0.286. The summed E-state index contributed by atoms with van der Waals surface area (Å²) in [5.41, 5.74) is 4.78. The summed E-state index contributed by atoms with van der Waals surface area (Å²) in [5, 5.41) is 7.55. The van der Waals surface area contributed by atoms with Crippen LogP contribution in [0.3, 0.4) is 0 Å². The molecule has 8 nitrogen and oxygen atoms in total. The molecule has 1 aromatic heterocycles. The zero-order chi connectivity index (χ0) is 26.0. The number of aromatic amines is 1. The predicted octanol–water partition coefficient (Wildman–Crippen LogP) is 3.61. The van der Waals surface area contributed by atoms with Crippen molar-refractivity contribution in [3.8, 4) is 11.5 Å². The lowest BCUT2D eigenvalue weighted by atomic mass is 10.1. The van der Waals surface area contributed by atoms with E-state index in [1.165, 1.54) is 22.3 Å². The van der Waals surface area contributed by atoms with E-state index in [1.807, 2.05) is 36.4 Å². The van der Waals surface area contributed by atoms with Crippen LogP contribution in [0.1, 0.15) is 22.3 Å². The van der Waals surface area contributed by atoms with Crippen LogP contribution in [-0.4, -0.2) is 44.2 Å². The third-order valence-corrected chi connectivity index (χ3v) is 7.23. The van der Waals surface area contributed by atoms with E-state index in [9.17, 15) is 13.2 Å². The number of hydrogen-bond donors (Lipinski definition) is 1. The minimum atomic E-state index is -3.33. The van der Waals surface area contributed by atoms with Crippen molar-refractivity contribution in [3.63, 3.8) is 0 Å². The van der Waals surface area contributed by atoms with Crippen LogP contribution < -0.4 is 15.0 Å². The Morgan fingerprint density at radius 2 is 1.35 bits per heavy atom. The molecule has 0 atom stereocenters. The lowest BCUT2D eigenvalue weighted by molar-refractivity contribution is 0.207. The number of rotatable bonds is 5. The number of fused-ring (bicyclic) bond motifs is 3. The van der Waals surface area contributed by atoms with Crippen LogP contribution in [0.4, 0.5) is 0 Å². The number of nitrogens with one attached hydrogen (secondary N) is 1. The molecule has 1 N–H and O–H groups in total. The number of nitrogens with zero attached hydrogens (tertiary/aromatic N) is 1. The molecular weight excluding hydrogens is 492 g/mol. The summed E-state index contributed by atoms with van der Waals surface area (Å²) in [7, 11) is -1.73. The Balaban J connectivity index is 0.000000171. The first-order valence-corrected chi connectivity index (χ1v) is 13.8. The van der Waals surface area contributed by atoms with Crippen molar-refractivity contribution < 1.29 is 22.1 Å². The Morgan fingerprint density at radius 3 is 1.86 bits per heavy atom. The van der Waals surface area contributed by atoms with Gasteiger partial charge >= 0.3 is 0 Å². The van der Waals surface area contributed by atoms with Gasteiger partial charge in [-0.3, -0.25) is 8.98 Å². The van der Waals surface area contributed by atoms with E-state index in [0.29, 0.717) is 35.1 Å². The van der Waals surface area contributed by atoms with Crippen molar-refractivity contribution in [1.29, 1.82) is 0 Å². The fourth-order valence-corrected chi connectivity index (χ4v) is 5.64. The van der Waals surface area contributed by atoms with Gasteiger partial charge in [-0.1, -0.05) is 48.5 Å². The van der Waals surface area contributed by atoms with E-state index in [2.05, 4.69) is 22.3 Å². The summed E-state index contributed by atoms with van der Waals surface area (Å²) in [4.78, 5) is 11.9. The molecule has 0 amide bonds. The Morgan fingerprint density at radius 1 is 0.811 bits per heavy atom.